The second kappa shape index (κ2) is 10.3. The van der Waals surface area contributed by atoms with E-state index in [1.807, 2.05) is 4.57 Å². The van der Waals surface area contributed by atoms with Crippen molar-refractivity contribution in [3.8, 4) is 34.5 Å². The standard InChI is InChI=1S/C26H22FN5O5S/c1-35-23-12-5-18(13-24(23)36-2)25-29-26(37-30-25)22-15-32(16-28-22)14-17-3-8-20(9-4-17)31-38(33,34)21-10-6-19(27)7-11-21/h3-13,15-16,31H,14H2,1-2H3. The van der Waals surface area contributed by atoms with Crippen LogP contribution in [0.25, 0.3) is 23.0 Å². The zero-order chi connectivity index (χ0) is 26.7. The molecule has 2 heterocycles. The maximum atomic E-state index is 13.1. The van der Waals surface area contributed by atoms with Gasteiger partial charge in [-0.05, 0) is 60.2 Å². The lowest BCUT2D eigenvalue weighted by atomic mass is 10.2. The van der Waals surface area contributed by atoms with Gasteiger partial charge in [-0.3, -0.25) is 4.72 Å². The summed E-state index contributed by atoms with van der Waals surface area (Å²) in [6, 6.07) is 16.8. The quantitative estimate of drug-likeness (QED) is 0.291. The number of anilines is 1. The molecule has 2 aromatic heterocycles. The topological polar surface area (TPSA) is 121 Å². The summed E-state index contributed by atoms with van der Waals surface area (Å²) in [7, 11) is -0.710. The molecular formula is C26H22FN5O5S. The second-order valence-corrected chi connectivity index (χ2v) is 9.86. The van der Waals surface area contributed by atoms with Gasteiger partial charge in [-0.1, -0.05) is 17.3 Å². The Morgan fingerprint density at radius 2 is 1.71 bits per heavy atom. The lowest BCUT2D eigenvalue weighted by Crippen LogP contribution is -2.13. The molecule has 0 atom stereocenters. The first-order valence-corrected chi connectivity index (χ1v) is 12.8. The summed E-state index contributed by atoms with van der Waals surface area (Å²) in [6.45, 7) is 0.481. The maximum Gasteiger partial charge on any atom is 0.278 e. The van der Waals surface area contributed by atoms with E-state index in [2.05, 4.69) is 19.8 Å². The van der Waals surface area contributed by atoms with Crippen molar-refractivity contribution in [1.29, 1.82) is 0 Å². The summed E-state index contributed by atoms with van der Waals surface area (Å²) in [4.78, 5) is 8.78. The normalized spacial score (nSPS) is 11.3. The number of imidazole rings is 1. The average Bonchev–Trinajstić information content (AvgIpc) is 3.59. The molecule has 0 aliphatic heterocycles. The molecule has 0 bridgehead atoms. The Morgan fingerprint density at radius 1 is 0.974 bits per heavy atom. The number of methoxy groups -OCH3 is 2. The number of rotatable bonds is 9. The van der Waals surface area contributed by atoms with Gasteiger partial charge in [-0.15, -0.1) is 0 Å². The average molecular weight is 536 g/mol. The highest BCUT2D eigenvalue weighted by Crippen LogP contribution is 2.32. The number of nitrogens with zero attached hydrogens (tertiary/aromatic N) is 4. The first-order valence-electron chi connectivity index (χ1n) is 11.3. The number of hydrogen-bond donors (Lipinski definition) is 1. The molecule has 0 aliphatic rings. The van der Waals surface area contributed by atoms with Crippen molar-refractivity contribution in [2.45, 2.75) is 11.4 Å². The Bertz CT molecular complexity index is 1670. The van der Waals surface area contributed by atoms with Gasteiger partial charge in [0.1, 0.15) is 11.5 Å². The molecule has 10 nitrogen and oxygen atoms in total. The number of hydrogen-bond acceptors (Lipinski definition) is 8. The van der Waals surface area contributed by atoms with Crippen LogP contribution in [-0.2, 0) is 16.6 Å². The Balaban J connectivity index is 1.26. The minimum atomic E-state index is -3.82. The van der Waals surface area contributed by atoms with Crippen LogP contribution in [0.1, 0.15) is 5.56 Å². The lowest BCUT2D eigenvalue weighted by molar-refractivity contribution is 0.355. The van der Waals surface area contributed by atoms with Crippen LogP contribution < -0.4 is 14.2 Å². The number of halogens is 1. The fourth-order valence-electron chi connectivity index (χ4n) is 3.69. The minimum Gasteiger partial charge on any atom is -0.493 e. The van der Waals surface area contributed by atoms with E-state index in [1.54, 1.807) is 69.2 Å². The second-order valence-electron chi connectivity index (χ2n) is 8.18. The summed E-state index contributed by atoms with van der Waals surface area (Å²) in [5, 5.41) is 4.05. The van der Waals surface area contributed by atoms with E-state index in [4.69, 9.17) is 14.0 Å². The molecule has 0 saturated carbocycles. The Kier molecular flexibility index (Phi) is 6.79. The summed E-state index contributed by atoms with van der Waals surface area (Å²) < 4.78 is 58.4. The maximum absolute atomic E-state index is 13.1. The van der Waals surface area contributed by atoms with E-state index < -0.39 is 15.8 Å². The molecule has 12 heteroatoms. The number of ether oxygens (including phenoxy) is 2. The van der Waals surface area contributed by atoms with Crippen molar-refractivity contribution in [3.05, 3.63) is 90.6 Å². The molecular weight excluding hydrogens is 513 g/mol. The highest BCUT2D eigenvalue weighted by Gasteiger charge is 2.16. The molecule has 0 aliphatic carbocycles. The Morgan fingerprint density at radius 3 is 2.42 bits per heavy atom. The van der Waals surface area contributed by atoms with Crippen LogP contribution in [0.3, 0.4) is 0 Å². The predicted octanol–water partition coefficient (Wildman–Crippen LogP) is 4.61. The van der Waals surface area contributed by atoms with Crippen LogP contribution in [0.15, 0.2) is 88.7 Å². The Labute approximate surface area is 217 Å². The predicted molar refractivity (Wildman–Crippen MR) is 137 cm³/mol. The summed E-state index contributed by atoms with van der Waals surface area (Å²) in [6.07, 6.45) is 3.41. The number of benzene rings is 3. The smallest absolute Gasteiger partial charge is 0.278 e. The molecule has 0 fully saturated rings. The third-order valence-corrected chi connectivity index (χ3v) is 7.01. The molecule has 3 aromatic carbocycles. The van der Waals surface area contributed by atoms with Gasteiger partial charge in [0.15, 0.2) is 11.5 Å². The molecule has 0 unspecified atom stereocenters. The minimum absolute atomic E-state index is 0.0239. The van der Waals surface area contributed by atoms with Gasteiger partial charge in [0.25, 0.3) is 15.9 Å². The van der Waals surface area contributed by atoms with Gasteiger partial charge in [0.2, 0.25) is 5.82 Å². The van der Waals surface area contributed by atoms with Gasteiger partial charge >= 0.3 is 0 Å². The van der Waals surface area contributed by atoms with Gasteiger partial charge < -0.3 is 18.6 Å². The summed E-state index contributed by atoms with van der Waals surface area (Å²) >= 11 is 0. The zero-order valence-corrected chi connectivity index (χ0v) is 21.1. The summed E-state index contributed by atoms with van der Waals surface area (Å²) in [5.41, 5.74) is 2.51. The molecule has 1 N–H and O–H groups in total. The van der Waals surface area contributed by atoms with Crippen molar-refractivity contribution >= 4 is 15.7 Å². The largest absolute Gasteiger partial charge is 0.493 e. The van der Waals surface area contributed by atoms with Crippen molar-refractivity contribution in [3.63, 3.8) is 0 Å². The fraction of sp³-hybridized carbons (Fsp3) is 0.115. The third-order valence-electron chi connectivity index (χ3n) is 5.62. The lowest BCUT2D eigenvalue weighted by Gasteiger charge is -2.09. The van der Waals surface area contributed by atoms with Gasteiger partial charge in [0, 0.05) is 24.0 Å². The molecule has 194 valence electrons. The van der Waals surface area contributed by atoms with E-state index in [-0.39, 0.29) is 10.8 Å². The molecule has 0 spiro atoms. The van der Waals surface area contributed by atoms with Crippen LogP contribution in [0, 0.1) is 5.82 Å². The van der Waals surface area contributed by atoms with E-state index in [0.717, 1.165) is 17.7 Å². The fourth-order valence-corrected chi connectivity index (χ4v) is 4.75. The van der Waals surface area contributed by atoms with Crippen LogP contribution in [0.5, 0.6) is 11.5 Å². The number of aromatic nitrogens is 4. The first kappa shape index (κ1) is 25.0. The first-order chi connectivity index (χ1) is 18.3. The SMILES string of the molecule is COc1ccc(-c2noc(-c3cn(Cc4ccc(NS(=O)(=O)c5ccc(F)cc5)cc4)cn3)n2)cc1OC. The number of sulfonamides is 1. The molecule has 0 radical (unpaired) electrons. The third kappa shape index (κ3) is 5.34. The van der Waals surface area contributed by atoms with Crippen LogP contribution in [-0.4, -0.2) is 42.3 Å². The van der Waals surface area contributed by atoms with Crippen LogP contribution >= 0.6 is 0 Å². The van der Waals surface area contributed by atoms with Crippen molar-refractivity contribution < 1.29 is 26.8 Å². The van der Waals surface area contributed by atoms with E-state index in [0.29, 0.717) is 40.8 Å². The Hall–Kier alpha value is -4.71. The van der Waals surface area contributed by atoms with Crippen molar-refractivity contribution in [2.75, 3.05) is 18.9 Å². The van der Waals surface area contributed by atoms with Crippen LogP contribution in [0.4, 0.5) is 10.1 Å². The van der Waals surface area contributed by atoms with Crippen molar-refractivity contribution in [1.82, 2.24) is 19.7 Å². The van der Waals surface area contributed by atoms with Crippen LogP contribution in [0.2, 0.25) is 0 Å². The van der Waals surface area contributed by atoms with Gasteiger partial charge in [-0.25, -0.2) is 17.8 Å². The van der Waals surface area contributed by atoms with Gasteiger partial charge in [0.05, 0.1) is 25.4 Å². The van der Waals surface area contributed by atoms with E-state index in [1.165, 1.54) is 12.1 Å². The molecule has 5 rings (SSSR count). The highest BCUT2D eigenvalue weighted by molar-refractivity contribution is 7.92. The molecule has 0 amide bonds. The summed E-state index contributed by atoms with van der Waals surface area (Å²) in [5.74, 6) is 1.29. The van der Waals surface area contributed by atoms with E-state index >= 15 is 0 Å². The van der Waals surface area contributed by atoms with E-state index in [9.17, 15) is 12.8 Å². The zero-order valence-electron chi connectivity index (χ0n) is 20.3. The van der Waals surface area contributed by atoms with Gasteiger partial charge in [-0.2, -0.15) is 4.98 Å². The highest BCUT2D eigenvalue weighted by atomic mass is 32.2. The van der Waals surface area contributed by atoms with Crippen molar-refractivity contribution in [2.24, 2.45) is 0 Å². The monoisotopic (exact) mass is 535 g/mol. The molecule has 5 aromatic rings. The molecule has 0 saturated heterocycles. The number of nitrogens with one attached hydrogen (secondary N) is 1. The molecule has 38 heavy (non-hydrogen) atoms.